The van der Waals surface area contributed by atoms with E-state index in [0.717, 1.165) is 21.6 Å². The molecule has 6 atom stereocenters. The first-order valence-electron chi connectivity index (χ1n) is 16.6. The highest BCUT2D eigenvalue weighted by molar-refractivity contribution is 8.76. The van der Waals surface area contributed by atoms with Gasteiger partial charge in [-0.1, -0.05) is 51.9 Å². The van der Waals surface area contributed by atoms with Crippen molar-refractivity contribution in [1.82, 2.24) is 37.2 Å². The van der Waals surface area contributed by atoms with E-state index < -0.39 is 103 Å². The average Bonchev–Trinajstić information content (AvgIpc) is 3.12. The summed E-state index contributed by atoms with van der Waals surface area (Å²) in [5, 5.41) is 36.9. The van der Waals surface area contributed by atoms with Gasteiger partial charge in [0.15, 0.2) is 5.96 Å². The second-order valence-electron chi connectivity index (χ2n) is 11.8. The Morgan fingerprint density at radius 2 is 1.57 bits per heavy atom. The minimum absolute atomic E-state index is 0.0354. The van der Waals surface area contributed by atoms with E-state index in [1.165, 1.54) is 6.92 Å². The summed E-state index contributed by atoms with van der Waals surface area (Å²) in [7, 11) is 1.86. The van der Waals surface area contributed by atoms with Crippen LogP contribution in [-0.4, -0.2) is 137 Å². The van der Waals surface area contributed by atoms with Crippen LogP contribution in [0, 0.1) is 0 Å². The summed E-state index contributed by atoms with van der Waals surface area (Å²) in [5.74, 6) is -7.93. The minimum atomic E-state index is -1.61. The molecule has 0 saturated carbocycles. The van der Waals surface area contributed by atoms with Crippen molar-refractivity contribution >= 4 is 74.9 Å². The first-order valence-corrected chi connectivity index (χ1v) is 19.1. The molecule has 298 valence electrons. The molecule has 1 aliphatic heterocycles. The van der Waals surface area contributed by atoms with Gasteiger partial charge in [0.25, 0.3) is 0 Å². The first kappa shape index (κ1) is 45.0. The topological polar surface area (TPSA) is 352 Å². The second kappa shape index (κ2) is 23.5. The summed E-state index contributed by atoms with van der Waals surface area (Å²) in [4.78, 5) is 107. The van der Waals surface area contributed by atoms with Crippen molar-refractivity contribution in [3.8, 4) is 0 Å². The first-order chi connectivity index (χ1) is 25.6. The number of amides is 7. The maximum Gasteiger partial charge on any atom is 0.327 e. The van der Waals surface area contributed by atoms with Gasteiger partial charge < -0.3 is 64.6 Å². The molecule has 1 fully saturated rings. The van der Waals surface area contributed by atoms with Crippen molar-refractivity contribution in [1.29, 1.82) is 0 Å². The number of carbonyl (C=O) groups is 8. The molecule has 21 nitrogen and oxygen atoms in total. The second-order valence-corrected chi connectivity index (χ2v) is 14.4. The lowest BCUT2D eigenvalue weighted by Crippen LogP contribution is -2.59. The molecular weight excluding hydrogens is 751 g/mol. The van der Waals surface area contributed by atoms with Crippen LogP contribution in [0.2, 0.25) is 0 Å². The third-order valence-electron chi connectivity index (χ3n) is 7.45. The highest BCUT2D eigenvalue weighted by Gasteiger charge is 2.33. The largest absolute Gasteiger partial charge is 0.480 e. The molecule has 15 N–H and O–H groups in total. The molecule has 1 saturated heterocycles. The number of nitrogens with two attached hydrogens (primary N) is 3. The summed E-state index contributed by atoms with van der Waals surface area (Å²) < 4.78 is 0. The van der Waals surface area contributed by atoms with Gasteiger partial charge in [0.2, 0.25) is 41.4 Å². The van der Waals surface area contributed by atoms with Crippen LogP contribution < -0.4 is 54.4 Å². The fraction of sp³-hybridized carbons (Fsp3) is 0.516. The smallest absolute Gasteiger partial charge is 0.327 e. The lowest BCUT2D eigenvalue weighted by atomic mass is 10.0. The highest BCUT2D eigenvalue weighted by Crippen LogP contribution is 2.23. The number of nitrogens with one attached hydrogen (secondary N) is 7. The van der Waals surface area contributed by atoms with Crippen LogP contribution in [0.15, 0.2) is 35.3 Å². The van der Waals surface area contributed by atoms with Gasteiger partial charge in [-0.25, -0.2) is 4.79 Å². The van der Waals surface area contributed by atoms with Crippen LogP contribution in [0.1, 0.15) is 25.3 Å². The van der Waals surface area contributed by atoms with Crippen LogP contribution in [0.3, 0.4) is 0 Å². The lowest BCUT2D eigenvalue weighted by molar-refractivity contribution is -0.142. The van der Waals surface area contributed by atoms with Crippen molar-refractivity contribution in [2.24, 2.45) is 22.2 Å². The van der Waals surface area contributed by atoms with Crippen LogP contribution >= 0.6 is 21.6 Å². The van der Waals surface area contributed by atoms with Gasteiger partial charge in [-0.2, -0.15) is 0 Å². The van der Waals surface area contributed by atoms with E-state index >= 15 is 0 Å². The number of aliphatic carboxylic acids is 1. The Morgan fingerprint density at radius 1 is 0.907 bits per heavy atom. The Labute approximate surface area is 318 Å². The van der Waals surface area contributed by atoms with Gasteiger partial charge >= 0.3 is 5.97 Å². The van der Waals surface area contributed by atoms with Crippen molar-refractivity contribution in [3.63, 3.8) is 0 Å². The zero-order chi connectivity index (χ0) is 40.2. The number of aliphatic hydroxyl groups excluding tert-OH is 1. The predicted molar refractivity (Wildman–Crippen MR) is 199 cm³/mol. The van der Waals surface area contributed by atoms with Crippen LogP contribution in [0.25, 0.3) is 0 Å². The molecule has 2 rings (SSSR count). The average molecular weight is 798 g/mol. The van der Waals surface area contributed by atoms with Crippen molar-refractivity contribution in [2.75, 3.05) is 37.7 Å². The summed E-state index contributed by atoms with van der Waals surface area (Å²) in [6.45, 7) is -0.355. The van der Waals surface area contributed by atoms with Crippen LogP contribution in [0.5, 0.6) is 0 Å². The molecule has 0 aliphatic carbocycles. The molecule has 0 spiro atoms. The van der Waals surface area contributed by atoms with E-state index in [-0.39, 0.29) is 43.3 Å². The van der Waals surface area contributed by atoms with Gasteiger partial charge in [0.05, 0.1) is 25.7 Å². The highest BCUT2D eigenvalue weighted by atomic mass is 33.1. The maximum absolute atomic E-state index is 13.8. The van der Waals surface area contributed by atoms with E-state index in [2.05, 4.69) is 42.2 Å². The summed E-state index contributed by atoms with van der Waals surface area (Å²) in [6, 6.07) is 1.49. The molecule has 1 aromatic carbocycles. The molecule has 0 radical (unpaired) electrons. The van der Waals surface area contributed by atoms with Crippen LogP contribution in [-0.2, 0) is 44.8 Å². The summed E-state index contributed by atoms with van der Waals surface area (Å²) >= 11 is 0. The normalized spacial score (nSPS) is 22.8. The molecule has 54 heavy (non-hydrogen) atoms. The number of aliphatic imine (C=N–C) groups is 1. The van der Waals surface area contributed by atoms with Crippen molar-refractivity contribution in [2.45, 2.75) is 62.5 Å². The third kappa shape index (κ3) is 16.7. The van der Waals surface area contributed by atoms with E-state index in [1.807, 2.05) is 0 Å². The van der Waals surface area contributed by atoms with E-state index in [9.17, 15) is 48.6 Å². The molecule has 0 aromatic heterocycles. The van der Waals surface area contributed by atoms with Gasteiger partial charge in [-0.05, 0) is 25.3 Å². The SMILES string of the molecule is C[C@@H](O)[C@@H]1NC(=O)CNC(=O)[C@H](Cc2ccccc2)NC(=O)[C@H](CCCN=C(N)N)NC(=O)[C@@H](NC(=O)CNC(=O)CN)CSSC[C@@H](C(=O)O)NC1=O. The van der Waals surface area contributed by atoms with Crippen LogP contribution in [0.4, 0.5) is 0 Å². The third-order valence-corrected chi connectivity index (χ3v) is 9.87. The zero-order valence-electron chi connectivity index (χ0n) is 29.4. The van der Waals surface area contributed by atoms with E-state index in [4.69, 9.17) is 17.2 Å². The number of carboxylic acids is 1. The van der Waals surface area contributed by atoms with E-state index in [0.29, 0.717) is 5.56 Å². The Kier molecular flexibility index (Phi) is 19.6. The number of aliphatic hydroxyl groups is 1. The number of nitrogens with zero attached hydrogens (tertiary/aromatic N) is 1. The van der Waals surface area contributed by atoms with Crippen molar-refractivity contribution in [3.05, 3.63) is 35.9 Å². The number of carbonyl (C=O) groups excluding carboxylic acids is 7. The Morgan fingerprint density at radius 3 is 2.20 bits per heavy atom. The minimum Gasteiger partial charge on any atom is -0.480 e. The number of carboxylic acid groups (broad SMARTS) is 1. The molecule has 1 aromatic rings. The fourth-order valence-corrected chi connectivity index (χ4v) is 6.96. The predicted octanol–water partition coefficient (Wildman–Crippen LogP) is -5.24. The Balaban J connectivity index is 2.51. The molecule has 7 amide bonds. The maximum atomic E-state index is 13.8. The summed E-state index contributed by atoms with van der Waals surface area (Å²) in [6.07, 6.45) is -1.38. The molecule has 23 heteroatoms. The van der Waals surface area contributed by atoms with Gasteiger partial charge in [-0.15, -0.1) is 0 Å². The molecule has 0 unspecified atom stereocenters. The number of guanidine groups is 1. The lowest BCUT2D eigenvalue weighted by Gasteiger charge is -2.26. The Bertz CT molecular complexity index is 1520. The Hall–Kier alpha value is -5.13. The fourth-order valence-electron chi connectivity index (χ4n) is 4.64. The van der Waals surface area contributed by atoms with E-state index in [1.54, 1.807) is 30.3 Å². The number of hydrogen-bond acceptors (Lipinski definition) is 13. The van der Waals surface area contributed by atoms with Gasteiger partial charge in [-0.3, -0.25) is 38.6 Å². The molecule has 0 bridgehead atoms. The van der Waals surface area contributed by atoms with Gasteiger partial charge in [0.1, 0.15) is 30.2 Å². The van der Waals surface area contributed by atoms with Crippen molar-refractivity contribution < 1.29 is 48.6 Å². The molecule has 1 aliphatic rings. The quantitative estimate of drug-likeness (QED) is 0.0407. The zero-order valence-corrected chi connectivity index (χ0v) is 31.0. The number of hydrogen-bond donors (Lipinski definition) is 12. The number of benzene rings is 1. The monoisotopic (exact) mass is 797 g/mol. The molecular formula is C31H47N11O10S2. The summed E-state index contributed by atoms with van der Waals surface area (Å²) in [5.41, 5.74) is 16.7. The number of rotatable bonds is 12. The standard InChI is InChI=1S/C31H47N11O10S2/c1-16(43)25-29(50)41-21(30(51)52)15-54-53-14-20(38-23(45)12-36-22(44)11-32)28(49)39-18(8-5-9-35-31(33)34)27(48)40-19(10-17-6-3-2-4-7-17)26(47)37-13-24(46)42-25/h2-4,6-7,16,18-21,25,43H,5,8-15,32H2,1H3,(H,36,44)(H,37,47)(H,38,45)(H,39,49)(H,40,48)(H,41,50)(H,42,46)(H,51,52)(H4,33,34,35)/t16-,18+,19+,20+,21+,25+/m1/s1. The molecule has 1 heterocycles. The van der Waals surface area contributed by atoms with Gasteiger partial charge in [0, 0.05) is 24.5 Å².